The van der Waals surface area contributed by atoms with Crippen molar-refractivity contribution in [2.45, 2.75) is 0 Å². The van der Waals surface area contributed by atoms with Crippen LogP contribution >= 0.6 is 0 Å². The number of rotatable bonds is 3. The van der Waals surface area contributed by atoms with Crippen LogP contribution in [0.15, 0.2) is 17.5 Å². The van der Waals surface area contributed by atoms with Crippen molar-refractivity contribution in [2.24, 2.45) is 5.16 Å². The Bertz CT molecular complexity index is 345. The van der Waals surface area contributed by atoms with Gasteiger partial charge in [-0.15, -0.1) is 0 Å². The highest BCUT2D eigenvalue weighted by Crippen LogP contribution is 2.06. The number of nitrogens with one attached hydrogen (secondary N) is 1. The van der Waals surface area contributed by atoms with Crippen molar-refractivity contribution < 1.29 is 4.84 Å². The van der Waals surface area contributed by atoms with Crippen LogP contribution in [0, 0.1) is 0 Å². The molecule has 0 spiro atoms. The Morgan fingerprint density at radius 3 is 2.69 bits per heavy atom. The lowest BCUT2D eigenvalue weighted by molar-refractivity contribution is 0.215. The predicted molar refractivity (Wildman–Crippen MR) is 61.7 cm³/mol. The maximum atomic E-state index is 4.59. The highest BCUT2D eigenvalue weighted by Gasteiger charge is 2.12. The highest BCUT2D eigenvalue weighted by atomic mass is 16.6. The lowest BCUT2D eigenvalue weighted by atomic mass is 10.3. The molecule has 0 aromatic carbocycles. The molecule has 2 heterocycles. The van der Waals surface area contributed by atoms with Crippen molar-refractivity contribution in [1.29, 1.82) is 0 Å². The van der Waals surface area contributed by atoms with Gasteiger partial charge >= 0.3 is 0 Å². The molecule has 6 nitrogen and oxygen atoms in total. The van der Waals surface area contributed by atoms with Gasteiger partial charge in [0.05, 0.1) is 6.21 Å². The lowest BCUT2D eigenvalue weighted by Crippen LogP contribution is -2.44. The average Bonchev–Trinajstić information content (AvgIpc) is 2.38. The molecule has 1 aliphatic rings. The zero-order valence-electron chi connectivity index (χ0n) is 9.26. The first-order valence-electron chi connectivity index (χ1n) is 5.24. The lowest BCUT2D eigenvalue weighted by Gasteiger charge is -2.27. The minimum Gasteiger partial charge on any atom is -0.399 e. The van der Waals surface area contributed by atoms with E-state index in [0.29, 0.717) is 0 Å². The molecule has 1 aromatic heterocycles. The molecule has 0 amide bonds. The number of hydrogen-bond acceptors (Lipinski definition) is 6. The summed E-state index contributed by atoms with van der Waals surface area (Å²) in [7, 11) is 1.51. The third-order valence-corrected chi connectivity index (χ3v) is 2.37. The third kappa shape index (κ3) is 2.66. The second kappa shape index (κ2) is 5.41. The number of oxime groups is 1. The monoisotopic (exact) mass is 221 g/mol. The van der Waals surface area contributed by atoms with Crippen molar-refractivity contribution in [2.75, 3.05) is 38.2 Å². The summed E-state index contributed by atoms with van der Waals surface area (Å²) in [5, 5.41) is 6.94. The fourth-order valence-corrected chi connectivity index (χ4v) is 1.54. The molecule has 1 saturated heterocycles. The van der Waals surface area contributed by atoms with Crippen molar-refractivity contribution in [1.82, 2.24) is 15.3 Å². The molecule has 0 atom stereocenters. The Hall–Kier alpha value is -1.69. The van der Waals surface area contributed by atoms with Gasteiger partial charge in [0.1, 0.15) is 7.11 Å². The van der Waals surface area contributed by atoms with Crippen LogP contribution in [0.25, 0.3) is 0 Å². The highest BCUT2D eigenvalue weighted by molar-refractivity contribution is 5.78. The molecule has 1 aliphatic heterocycles. The van der Waals surface area contributed by atoms with Crippen LogP contribution in [0.1, 0.15) is 5.56 Å². The normalized spacial score (nSPS) is 16.7. The van der Waals surface area contributed by atoms with E-state index in [1.54, 1.807) is 18.6 Å². The summed E-state index contributed by atoms with van der Waals surface area (Å²) in [4.78, 5) is 15.3. The second-order valence-electron chi connectivity index (χ2n) is 3.47. The van der Waals surface area contributed by atoms with Crippen LogP contribution < -0.4 is 10.2 Å². The van der Waals surface area contributed by atoms with Gasteiger partial charge in [0.15, 0.2) is 0 Å². The summed E-state index contributed by atoms with van der Waals surface area (Å²) < 4.78 is 0. The average molecular weight is 221 g/mol. The van der Waals surface area contributed by atoms with Gasteiger partial charge in [0.25, 0.3) is 0 Å². The predicted octanol–water partition coefficient (Wildman–Crippen LogP) is -0.134. The van der Waals surface area contributed by atoms with Crippen molar-refractivity contribution in [3.05, 3.63) is 18.0 Å². The molecular formula is C10H15N5O. The molecule has 1 aromatic rings. The van der Waals surface area contributed by atoms with Gasteiger partial charge in [-0.05, 0) is 0 Å². The molecule has 0 bridgehead atoms. The Morgan fingerprint density at radius 1 is 1.38 bits per heavy atom. The summed E-state index contributed by atoms with van der Waals surface area (Å²) in [5.74, 6) is 0.774. The maximum Gasteiger partial charge on any atom is 0.225 e. The first-order chi connectivity index (χ1) is 7.90. The van der Waals surface area contributed by atoms with E-state index in [2.05, 4.69) is 30.2 Å². The number of anilines is 1. The summed E-state index contributed by atoms with van der Waals surface area (Å²) in [6.07, 6.45) is 5.07. The molecule has 0 radical (unpaired) electrons. The van der Waals surface area contributed by atoms with Crippen molar-refractivity contribution in [3.63, 3.8) is 0 Å². The van der Waals surface area contributed by atoms with Gasteiger partial charge in [-0.25, -0.2) is 9.97 Å². The van der Waals surface area contributed by atoms with Gasteiger partial charge in [0, 0.05) is 44.1 Å². The zero-order chi connectivity index (χ0) is 11.2. The zero-order valence-corrected chi connectivity index (χ0v) is 9.26. The van der Waals surface area contributed by atoms with Crippen LogP contribution in [0.4, 0.5) is 5.95 Å². The first kappa shape index (κ1) is 10.8. The summed E-state index contributed by atoms with van der Waals surface area (Å²) in [5.41, 5.74) is 0.834. The van der Waals surface area contributed by atoms with Crippen molar-refractivity contribution >= 4 is 12.2 Å². The molecule has 0 unspecified atom stereocenters. The van der Waals surface area contributed by atoms with Gasteiger partial charge in [-0.2, -0.15) is 0 Å². The summed E-state index contributed by atoms with van der Waals surface area (Å²) >= 11 is 0. The van der Waals surface area contributed by atoms with Gasteiger partial charge in [-0.1, -0.05) is 5.16 Å². The van der Waals surface area contributed by atoms with Crippen LogP contribution in [0.5, 0.6) is 0 Å². The van der Waals surface area contributed by atoms with Crippen molar-refractivity contribution in [3.8, 4) is 0 Å². The number of hydrogen-bond donors (Lipinski definition) is 1. The van der Waals surface area contributed by atoms with E-state index >= 15 is 0 Å². The third-order valence-electron chi connectivity index (χ3n) is 2.37. The Labute approximate surface area is 94.3 Å². The minimum atomic E-state index is 0.774. The van der Waals surface area contributed by atoms with Gasteiger partial charge < -0.3 is 15.1 Å². The Morgan fingerprint density at radius 2 is 2.06 bits per heavy atom. The summed E-state index contributed by atoms with van der Waals surface area (Å²) in [6.45, 7) is 3.86. The molecular weight excluding hydrogens is 206 g/mol. The standard InChI is InChI=1S/C10H15N5O/c1-16-14-8-9-6-12-10(13-7-9)15-4-2-11-3-5-15/h6-8,11H,2-5H2,1H3. The maximum absolute atomic E-state index is 4.59. The summed E-state index contributed by atoms with van der Waals surface area (Å²) in [6, 6.07) is 0. The van der Waals surface area contributed by atoms with E-state index < -0.39 is 0 Å². The Kier molecular flexibility index (Phi) is 3.66. The molecule has 16 heavy (non-hydrogen) atoms. The molecule has 86 valence electrons. The van der Waals surface area contributed by atoms with Gasteiger partial charge in [-0.3, -0.25) is 0 Å². The molecule has 0 saturated carbocycles. The van der Waals surface area contributed by atoms with Crippen LogP contribution in [-0.4, -0.2) is 49.5 Å². The fourth-order valence-electron chi connectivity index (χ4n) is 1.54. The molecule has 1 fully saturated rings. The van der Waals surface area contributed by atoms with E-state index in [1.807, 2.05) is 0 Å². The molecule has 6 heteroatoms. The van der Waals surface area contributed by atoms with E-state index in [4.69, 9.17) is 0 Å². The smallest absolute Gasteiger partial charge is 0.225 e. The van der Waals surface area contributed by atoms with Crippen LogP contribution in [0.2, 0.25) is 0 Å². The van der Waals surface area contributed by atoms with Gasteiger partial charge in [0.2, 0.25) is 5.95 Å². The first-order valence-corrected chi connectivity index (χ1v) is 5.24. The second-order valence-corrected chi connectivity index (χ2v) is 3.47. The minimum absolute atomic E-state index is 0.774. The fraction of sp³-hybridized carbons (Fsp3) is 0.500. The number of nitrogens with zero attached hydrogens (tertiary/aromatic N) is 4. The van der Waals surface area contributed by atoms with E-state index in [-0.39, 0.29) is 0 Å². The van der Waals surface area contributed by atoms with E-state index in [1.165, 1.54) is 7.11 Å². The SMILES string of the molecule is CON=Cc1cnc(N2CCNCC2)nc1. The Balaban J connectivity index is 2.03. The topological polar surface area (TPSA) is 62.6 Å². The van der Waals surface area contributed by atoms with E-state index in [0.717, 1.165) is 37.7 Å². The molecule has 0 aliphatic carbocycles. The largest absolute Gasteiger partial charge is 0.399 e. The number of aromatic nitrogens is 2. The van der Waals surface area contributed by atoms with E-state index in [9.17, 15) is 0 Å². The molecule has 2 rings (SSSR count). The van der Waals surface area contributed by atoms with Crippen LogP contribution in [-0.2, 0) is 4.84 Å². The van der Waals surface area contributed by atoms with Crippen LogP contribution in [0.3, 0.4) is 0 Å². The number of piperazine rings is 1. The molecule has 1 N–H and O–H groups in total. The quantitative estimate of drug-likeness (QED) is 0.569.